The van der Waals surface area contributed by atoms with Crippen molar-refractivity contribution in [2.75, 3.05) is 26.2 Å². The maximum Gasteiger partial charge on any atom is 0.243 e. The van der Waals surface area contributed by atoms with Gasteiger partial charge in [-0.05, 0) is 30.0 Å². The van der Waals surface area contributed by atoms with Crippen LogP contribution in [-0.2, 0) is 20.2 Å². The second-order valence-corrected chi connectivity index (χ2v) is 10.1. The highest BCUT2D eigenvalue weighted by Gasteiger charge is 2.32. The third-order valence-corrected chi connectivity index (χ3v) is 7.00. The van der Waals surface area contributed by atoms with Gasteiger partial charge in [-0.15, -0.1) is 12.4 Å². The molecule has 0 bridgehead atoms. The summed E-state index contributed by atoms with van der Waals surface area (Å²) in [5, 5.41) is 0. The highest BCUT2D eigenvalue weighted by atomic mass is 35.5. The van der Waals surface area contributed by atoms with E-state index in [0.29, 0.717) is 31.1 Å². The van der Waals surface area contributed by atoms with Crippen LogP contribution in [0.25, 0.3) is 0 Å². The normalized spacial score (nSPS) is 18.5. The monoisotopic (exact) mass is 417 g/mol. The second kappa shape index (κ2) is 8.90. The molecule has 1 aromatic carbocycles. The summed E-state index contributed by atoms with van der Waals surface area (Å²) < 4.78 is 27.2. The van der Waals surface area contributed by atoms with Gasteiger partial charge in [-0.3, -0.25) is 4.79 Å². The molecule has 0 saturated carbocycles. The minimum absolute atomic E-state index is 0. The molecule has 0 aromatic heterocycles. The number of nitrogens with two attached hydrogens (primary N) is 1. The zero-order chi connectivity index (χ0) is 19.7. The van der Waals surface area contributed by atoms with Gasteiger partial charge in [0.05, 0.1) is 10.8 Å². The van der Waals surface area contributed by atoms with Crippen molar-refractivity contribution in [2.24, 2.45) is 11.7 Å². The third-order valence-electron chi connectivity index (χ3n) is 5.09. The second-order valence-electron chi connectivity index (χ2n) is 8.15. The molecule has 1 amide bonds. The van der Waals surface area contributed by atoms with Gasteiger partial charge in [0, 0.05) is 32.2 Å². The van der Waals surface area contributed by atoms with Crippen LogP contribution in [0.1, 0.15) is 40.2 Å². The number of sulfonamides is 1. The lowest BCUT2D eigenvalue weighted by atomic mass is 9.87. The SMILES string of the molecule is CC(N)C(C)C(=O)N1CCN(S(=O)(=O)c2ccc(C(C)(C)C)cc2)CC1.Cl. The van der Waals surface area contributed by atoms with Crippen molar-refractivity contribution >= 4 is 28.3 Å². The van der Waals surface area contributed by atoms with Gasteiger partial charge in [-0.25, -0.2) is 8.42 Å². The molecule has 0 spiro atoms. The van der Waals surface area contributed by atoms with E-state index in [-0.39, 0.29) is 35.7 Å². The molecule has 8 heteroatoms. The molecular formula is C19H32ClN3O3S. The zero-order valence-electron chi connectivity index (χ0n) is 16.8. The van der Waals surface area contributed by atoms with Crippen molar-refractivity contribution in [1.29, 1.82) is 0 Å². The predicted molar refractivity (Wildman–Crippen MR) is 111 cm³/mol. The summed E-state index contributed by atoms with van der Waals surface area (Å²) >= 11 is 0. The van der Waals surface area contributed by atoms with Crippen LogP contribution >= 0.6 is 12.4 Å². The molecular weight excluding hydrogens is 386 g/mol. The number of hydrogen-bond donors (Lipinski definition) is 1. The highest BCUT2D eigenvalue weighted by Crippen LogP contribution is 2.25. The van der Waals surface area contributed by atoms with Gasteiger partial charge in [0.2, 0.25) is 15.9 Å². The maximum atomic E-state index is 12.9. The highest BCUT2D eigenvalue weighted by molar-refractivity contribution is 7.89. The lowest BCUT2D eigenvalue weighted by Crippen LogP contribution is -2.53. The van der Waals surface area contributed by atoms with Gasteiger partial charge >= 0.3 is 0 Å². The molecule has 0 aliphatic carbocycles. The van der Waals surface area contributed by atoms with Crippen molar-refractivity contribution in [3.63, 3.8) is 0 Å². The average molecular weight is 418 g/mol. The number of rotatable bonds is 4. The van der Waals surface area contributed by atoms with Crippen molar-refractivity contribution < 1.29 is 13.2 Å². The molecule has 1 saturated heterocycles. The van der Waals surface area contributed by atoms with Crippen LogP contribution < -0.4 is 5.73 Å². The van der Waals surface area contributed by atoms with Gasteiger partial charge < -0.3 is 10.6 Å². The lowest BCUT2D eigenvalue weighted by Gasteiger charge is -2.35. The third kappa shape index (κ3) is 5.44. The predicted octanol–water partition coefficient (Wildman–Crippen LogP) is 2.22. The topological polar surface area (TPSA) is 83.7 Å². The molecule has 1 fully saturated rings. The zero-order valence-corrected chi connectivity index (χ0v) is 18.4. The molecule has 1 aliphatic heterocycles. The maximum absolute atomic E-state index is 12.9. The number of hydrogen-bond acceptors (Lipinski definition) is 4. The van der Waals surface area contributed by atoms with Gasteiger partial charge in [-0.2, -0.15) is 4.31 Å². The summed E-state index contributed by atoms with van der Waals surface area (Å²) in [7, 11) is -3.54. The summed E-state index contributed by atoms with van der Waals surface area (Å²) in [5.74, 6) is -0.269. The number of nitrogens with zero attached hydrogens (tertiary/aromatic N) is 2. The summed E-state index contributed by atoms with van der Waals surface area (Å²) in [4.78, 5) is 14.4. The minimum Gasteiger partial charge on any atom is -0.340 e. The van der Waals surface area contributed by atoms with Gasteiger partial charge in [-0.1, -0.05) is 39.8 Å². The van der Waals surface area contributed by atoms with Crippen molar-refractivity contribution in [3.05, 3.63) is 29.8 Å². The summed E-state index contributed by atoms with van der Waals surface area (Å²) in [6.07, 6.45) is 0. The number of halogens is 1. The van der Waals surface area contributed by atoms with Crippen LogP contribution in [0, 0.1) is 5.92 Å². The fraction of sp³-hybridized carbons (Fsp3) is 0.632. The van der Waals surface area contributed by atoms with Gasteiger partial charge in [0.25, 0.3) is 0 Å². The molecule has 2 N–H and O–H groups in total. The van der Waals surface area contributed by atoms with E-state index >= 15 is 0 Å². The Morgan fingerprint density at radius 1 is 1.04 bits per heavy atom. The van der Waals surface area contributed by atoms with E-state index < -0.39 is 10.0 Å². The molecule has 1 aromatic rings. The Balaban J connectivity index is 0.00000364. The molecule has 6 nitrogen and oxygen atoms in total. The molecule has 1 heterocycles. The first kappa shape index (κ1) is 23.9. The van der Waals surface area contributed by atoms with E-state index in [1.54, 1.807) is 17.0 Å². The van der Waals surface area contributed by atoms with Crippen LogP contribution in [-0.4, -0.2) is 55.8 Å². The van der Waals surface area contributed by atoms with E-state index in [1.807, 2.05) is 26.0 Å². The van der Waals surface area contributed by atoms with Gasteiger partial charge in [0.1, 0.15) is 0 Å². The summed E-state index contributed by atoms with van der Waals surface area (Å²) in [6, 6.07) is 6.87. The molecule has 27 heavy (non-hydrogen) atoms. The molecule has 0 radical (unpaired) electrons. The smallest absolute Gasteiger partial charge is 0.243 e. The number of piperazine rings is 1. The molecule has 2 rings (SSSR count). The van der Waals surface area contributed by atoms with E-state index in [9.17, 15) is 13.2 Å². The van der Waals surface area contributed by atoms with Gasteiger partial charge in [0.15, 0.2) is 0 Å². The number of carbonyl (C=O) groups is 1. The van der Waals surface area contributed by atoms with Crippen molar-refractivity contribution in [3.8, 4) is 0 Å². The first-order valence-electron chi connectivity index (χ1n) is 9.09. The minimum atomic E-state index is -3.54. The first-order valence-corrected chi connectivity index (χ1v) is 10.5. The van der Waals surface area contributed by atoms with E-state index in [0.717, 1.165) is 5.56 Å². The first-order chi connectivity index (χ1) is 11.9. The van der Waals surface area contributed by atoms with Crippen LogP contribution in [0.15, 0.2) is 29.2 Å². The Bertz CT molecular complexity index is 734. The molecule has 2 atom stereocenters. The molecule has 2 unspecified atom stereocenters. The van der Waals surface area contributed by atoms with Crippen LogP contribution in [0.5, 0.6) is 0 Å². The fourth-order valence-corrected chi connectivity index (χ4v) is 4.36. The quantitative estimate of drug-likeness (QED) is 0.814. The van der Waals surface area contributed by atoms with E-state index in [1.165, 1.54) is 4.31 Å². The Kier molecular flexibility index (Phi) is 7.88. The fourth-order valence-electron chi connectivity index (χ4n) is 2.94. The Hall–Kier alpha value is -1.15. The largest absolute Gasteiger partial charge is 0.340 e. The van der Waals surface area contributed by atoms with Crippen molar-refractivity contribution in [1.82, 2.24) is 9.21 Å². The Labute approximate surface area is 169 Å². The van der Waals surface area contributed by atoms with Crippen LogP contribution in [0.3, 0.4) is 0 Å². The van der Waals surface area contributed by atoms with E-state index in [4.69, 9.17) is 5.73 Å². The van der Waals surface area contributed by atoms with Crippen LogP contribution in [0.4, 0.5) is 0 Å². The summed E-state index contributed by atoms with van der Waals surface area (Å²) in [5.41, 5.74) is 6.88. The number of carbonyl (C=O) groups excluding carboxylic acids is 1. The standard InChI is InChI=1S/C19H31N3O3S.ClH/c1-14(15(2)20)18(23)21-10-12-22(13-11-21)26(24,25)17-8-6-16(7-9-17)19(3,4)5;/h6-9,14-15H,10-13,20H2,1-5H3;1H. The average Bonchev–Trinajstić information content (AvgIpc) is 2.59. The Morgan fingerprint density at radius 2 is 1.52 bits per heavy atom. The Morgan fingerprint density at radius 3 is 1.93 bits per heavy atom. The summed E-state index contributed by atoms with van der Waals surface area (Å²) in [6.45, 7) is 11.3. The van der Waals surface area contributed by atoms with Crippen molar-refractivity contribution in [2.45, 2.75) is 51.0 Å². The lowest BCUT2D eigenvalue weighted by molar-refractivity contribution is -0.136. The number of benzene rings is 1. The van der Waals surface area contributed by atoms with E-state index in [2.05, 4.69) is 20.8 Å². The van der Waals surface area contributed by atoms with Crippen LogP contribution in [0.2, 0.25) is 0 Å². The number of amides is 1. The molecule has 1 aliphatic rings. The molecule has 154 valence electrons.